The van der Waals surface area contributed by atoms with Gasteiger partial charge in [-0.1, -0.05) is 107 Å². The van der Waals surface area contributed by atoms with Gasteiger partial charge < -0.3 is 0 Å². The fraction of sp³-hybridized carbons (Fsp3) is 0.467. The Bertz CT molecular complexity index is 955. The number of hydrogen-bond acceptors (Lipinski definition) is 0. The number of halogens is 3. The van der Waals surface area contributed by atoms with Crippen LogP contribution in [0.1, 0.15) is 93.9 Å². The van der Waals surface area contributed by atoms with Crippen LogP contribution in [0, 0.1) is 11.6 Å². The van der Waals surface area contributed by atoms with Gasteiger partial charge >= 0.3 is 0 Å². The quantitative estimate of drug-likeness (QED) is 0.280. The molecule has 2 aromatic rings. The van der Waals surface area contributed by atoms with Crippen LogP contribution in [-0.2, 0) is 18.5 Å². The van der Waals surface area contributed by atoms with E-state index in [0.717, 1.165) is 51.4 Å². The number of unbranched alkanes of at least 4 members (excludes halogenated alkanes) is 6. The highest BCUT2D eigenvalue weighted by molar-refractivity contribution is 5.77. The molecule has 0 nitrogen and oxygen atoms in total. The van der Waals surface area contributed by atoms with Crippen molar-refractivity contribution in [1.82, 2.24) is 0 Å². The van der Waals surface area contributed by atoms with Crippen molar-refractivity contribution in [2.24, 2.45) is 0 Å². The molecule has 1 aliphatic carbocycles. The van der Waals surface area contributed by atoms with Gasteiger partial charge in [-0.15, -0.1) is 0 Å². The molecule has 1 atom stereocenters. The lowest BCUT2D eigenvalue weighted by molar-refractivity contribution is 0.248. The van der Waals surface area contributed by atoms with E-state index in [4.69, 9.17) is 0 Å². The molecule has 0 saturated heterocycles. The van der Waals surface area contributed by atoms with Crippen LogP contribution in [0.5, 0.6) is 0 Å². The largest absolute Gasteiger partial charge is 0.233 e. The van der Waals surface area contributed by atoms with E-state index >= 15 is 8.78 Å². The molecule has 0 saturated carbocycles. The van der Waals surface area contributed by atoms with E-state index in [1.54, 1.807) is 42.5 Å². The van der Waals surface area contributed by atoms with Crippen LogP contribution in [0.3, 0.4) is 0 Å². The first-order chi connectivity index (χ1) is 16.0. The predicted molar refractivity (Wildman–Crippen MR) is 133 cm³/mol. The molecule has 3 rings (SSSR count). The second kappa shape index (κ2) is 12.3. The van der Waals surface area contributed by atoms with Gasteiger partial charge in [0.2, 0.25) is 0 Å². The standard InChI is InChI=1S/C30H37F3/c1-3-5-7-8-10-14-24-18-21-26(29(32)28(24)31)27-15-11-12-22-30(27,33)25-19-16-23(17-20-25)13-9-6-4-2/h11-12,15-21H,3-10,13-14,22H2,1-2H3. The summed E-state index contributed by atoms with van der Waals surface area (Å²) >= 11 is 0. The molecule has 178 valence electrons. The molecule has 3 heteroatoms. The molecule has 0 spiro atoms. The van der Waals surface area contributed by atoms with Crippen molar-refractivity contribution >= 4 is 5.57 Å². The Kier molecular flexibility index (Phi) is 9.41. The van der Waals surface area contributed by atoms with Gasteiger partial charge in [-0.05, 0) is 42.4 Å². The van der Waals surface area contributed by atoms with Crippen LogP contribution < -0.4 is 0 Å². The van der Waals surface area contributed by atoms with E-state index in [1.165, 1.54) is 12.0 Å². The predicted octanol–water partition coefficient (Wildman–Crippen LogP) is 9.42. The van der Waals surface area contributed by atoms with Crippen molar-refractivity contribution in [3.8, 4) is 0 Å². The first kappa shape index (κ1) is 25.3. The fourth-order valence-electron chi connectivity index (χ4n) is 4.64. The first-order valence-electron chi connectivity index (χ1n) is 12.6. The lowest BCUT2D eigenvalue weighted by atomic mass is 9.78. The minimum absolute atomic E-state index is 0.0149. The third-order valence-electron chi connectivity index (χ3n) is 6.71. The molecule has 0 fully saturated rings. The second-order valence-electron chi connectivity index (χ2n) is 9.23. The number of benzene rings is 2. The number of hydrogen-bond donors (Lipinski definition) is 0. The van der Waals surface area contributed by atoms with E-state index < -0.39 is 17.3 Å². The van der Waals surface area contributed by atoms with Gasteiger partial charge in [0.05, 0.1) is 0 Å². The summed E-state index contributed by atoms with van der Waals surface area (Å²) in [5.41, 5.74) is 0.354. The number of allylic oxidation sites excluding steroid dienone is 4. The summed E-state index contributed by atoms with van der Waals surface area (Å²) in [7, 11) is 0. The van der Waals surface area contributed by atoms with Crippen LogP contribution >= 0.6 is 0 Å². The average Bonchev–Trinajstić information content (AvgIpc) is 2.83. The highest BCUT2D eigenvalue weighted by Gasteiger charge is 2.39. The van der Waals surface area contributed by atoms with E-state index in [2.05, 4.69) is 13.8 Å². The Morgan fingerprint density at radius 3 is 2.15 bits per heavy atom. The van der Waals surface area contributed by atoms with Crippen LogP contribution in [0.15, 0.2) is 54.6 Å². The maximum absolute atomic E-state index is 16.4. The lowest BCUT2D eigenvalue weighted by Gasteiger charge is -2.30. The van der Waals surface area contributed by atoms with Gasteiger partial charge in [0.15, 0.2) is 17.3 Å². The van der Waals surface area contributed by atoms with E-state index in [1.807, 2.05) is 12.1 Å². The van der Waals surface area contributed by atoms with Crippen LogP contribution in [-0.4, -0.2) is 0 Å². The molecule has 0 heterocycles. The maximum atomic E-state index is 16.4. The lowest BCUT2D eigenvalue weighted by Crippen LogP contribution is -2.24. The molecular formula is C30H37F3. The molecule has 2 aromatic carbocycles. The monoisotopic (exact) mass is 454 g/mol. The highest BCUT2D eigenvalue weighted by Crippen LogP contribution is 2.46. The third kappa shape index (κ3) is 6.19. The Hall–Kier alpha value is -2.29. The molecule has 0 aromatic heterocycles. The Balaban J connectivity index is 1.81. The number of alkyl halides is 1. The summed E-state index contributed by atoms with van der Waals surface area (Å²) in [5, 5.41) is 0. The Morgan fingerprint density at radius 1 is 0.758 bits per heavy atom. The van der Waals surface area contributed by atoms with Gasteiger partial charge in [0, 0.05) is 17.6 Å². The topological polar surface area (TPSA) is 0 Å². The van der Waals surface area contributed by atoms with Gasteiger partial charge in [-0.3, -0.25) is 0 Å². The minimum atomic E-state index is -1.88. The summed E-state index contributed by atoms with van der Waals surface area (Å²) in [6.07, 6.45) is 15.3. The second-order valence-corrected chi connectivity index (χ2v) is 9.23. The average molecular weight is 455 g/mol. The normalized spacial score (nSPS) is 17.9. The SMILES string of the molecule is CCCCCCCc1ccc(C2=CC=CCC2(F)c2ccc(CCCCC)cc2)c(F)c1F. The molecular weight excluding hydrogens is 417 g/mol. The van der Waals surface area contributed by atoms with E-state index in [9.17, 15) is 4.39 Å². The number of rotatable bonds is 12. The smallest absolute Gasteiger partial charge is 0.166 e. The van der Waals surface area contributed by atoms with Gasteiger partial charge in [0.1, 0.15) is 0 Å². The summed E-state index contributed by atoms with van der Waals surface area (Å²) in [6, 6.07) is 10.7. The van der Waals surface area contributed by atoms with Crippen molar-refractivity contribution < 1.29 is 13.2 Å². The zero-order valence-corrected chi connectivity index (χ0v) is 20.1. The molecule has 1 unspecified atom stereocenters. The first-order valence-corrected chi connectivity index (χ1v) is 12.6. The van der Waals surface area contributed by atoms with Crippen molar-refractivity contribution in [1.29, 1.82) is 0 Å². The van der Waals surface area contributed by atoms with Gasteiger partial charge in [-0.25, -0.2) is 13.2 Å². The summed E-state index contributed by atoms with van der Waals surface area (Å²) in [5.74, 6) is -1.78. The third-order valence-corrected chi connectivity index (χ3v) is 6.71. The van der Waals surface area contributed by atoms with Gasteiger partial charge in [0.25, 0.3) is 0 Å². The zero-order chi connectivity index (χ0) is 23.7. The van der Waals surface area contributed by atoms with E-state index in [-0.39, 0.29) is 17.6 Å². The molecule has 0 amide bonds. The summed E-state index contributed by atoms with van der Waals surface area (Å²) < 4.78 is 46.5. The molecule has 0 N–H and O–H groups in total. The van der Waals surface area contributed by atoms with Crippen molar-refractivity contribution in [3.63, 3.8) is 0 Å². The Morgan fingerprint density at radius 2 is 1.42 bits per heavy atom. The van der Waals surface area contributed by atoms with Crippen LogP contribution in [0.2, 0.25) is 0 Å². The van der Waals surface area contributed by atoms with Crippen molar-refractivity contribution in [2.45, 2.75) is 90.1 Å². The molecule has 0 bridgehead atoms. The van der Waals surface area contributed by atoms with E-state index in [0.29, 0.717) is 17.5 Å². The molecule has 1 aliphatic rings. The zero-order valence-electron chi connectivity index (χ0n) is 20.1. The number of aryl methyl sites for hydroxylation is 2. The van der Waals surface area contributed by atoms with Crippen molar-refractivity contribution in [2.75, 3.05) is 0 Å². The van der Waals surface area contributed by atoms with Crippen molar-refractivity contribution in [3.05, 3.63) is 88.5 Å². The molecule has 0 aliphatic heterocycles. The Labute approximate surface area is 197 Å². The fourth-order valence-corrected chi connectivity index (χ4v) is 4.64. The summed E-state index contributed by atoms with van der Waals surface area (Å²) in [4.78, 5) is 0. The summed E-state index contributed by atoms with van der Waals surface area (Å²) in [6.45, 7) is 4.32. The van der Waals surface area contributed by atoms with Crippen LogP contribution in [0.4, 0.5) is 13.2 Å². The maximum Gasteiger partial charge on any atom is 0.166 e. The van der Waals surface area contributed by atoms with Gasteiger partial charge in [-0.2, -0.15) is 0 Å². The highest BCUT2D eigenvalue weighted by atomic mass is 19.2. The molecule has 33 heavy (non-hydrogen) atoms. The minimum Gasteiger partial charge on any atom is -0.233 e. The van der Waals surface area contributed by atoms with Crippen LogP contribution in [0.25, 0.3) is 5.57 Å². The molecule has 0 radical (unpaired) electrons.